The number of hydrogen-bond acceptors (Lipinski definition) is 3. The molecule has 0 radical (unpaired) electrons. The van der Waals surface area contributed by atoms with Crippen molar-refractivity contribution in [1.29, 1.82) is 0 Å². The molecule has 1 aromatic heterocycles. The average molecular weight is 195 g/mol. The normalized spacial score (nSPS) is 27.8. The molecule has 0 aromatic carbocycles. The number of ether oxygens (including phenoxy) is 1. The fraction of sp³-hybridized carbons (Fsp3) is 0.636. The van der Waals surface area contributed by atoms with Crippen LogP contribution in [0, 0.1) is 0 Å². The summed E-state index contributed by atoms with van der Waals surface area (Å²) >= 11 is 0. The topological polar surface area (TPSA) is 34.4 Å². The molecule has 3 heteroatoms. The van der Waals surface area contributed by atoms with E-state index < -0.39 is 0 Å². The van der Waals surface area contributed by atoms with Crippen molar-refractivity contribution in [3.05, 3.63) is 24.2 Å². The first-order valence-corrected chi connectivity index (χ1v) is 5.26. The minimum absolute atomic E-state index is 0.298. The van der Waals surface area contributed by atoms with Crippen LogP contribution in [0.3, 0.4) is 0 Å². The third-order valence-electron chi connectivity index (χ3n) is 2.78. The summed E-state index contributed by atoms with van der Waals surface area (Å²) in [6, 6.07) is 2.04. The molecular formula is C11H17NO2. The molecule has 1 saturated heterocycles. The fourth-order valence-electron chi connectivity index (χ4n) is 2.09. The number of furan rings is 1. The van der Waals surface area contributed by atoms with E-state index in [1.54, 1.807) is 6.26 Å². The van der Waals surface area contributed by atoms with Crippen molar-refractivity contribution in [3.63, 3.8) is 0 Å². The summed E-state index contributed by atoms with van der Waals surface area (Å²) in [7, 11) is 0. The van der Waals surface area contributed by atoms with Crippen molar-refractivity contribution in [2.75, 3.05) is 19.7 Å². The molecule has 2 heterocycles. The molecule has 1 aromatic rings. The van der Waals surface area contributed by atoms with E-state index in [0.29, 0.717) is 12.0 Å². The zero-order valence-electron chi connectivity index (χ0n) is 8.53. The third kappa shape index (κ3) is 1.99. The SMILES string of the molecule is CCOC1CNCCC1c1ccoc1. The van der Waals surface area contributed by atoms with Crippen LogP contribution in [-0.4, -0.2) is 25.8 Å². The molecule has 0 spiro atoms. The molecular weight excluding hydrogens is 178 g/mol. The van der Waals surface area contributed by atoms with E-state index in [0.717, 1.165) is 26.1 Å². The lowest BCUT2D eigenvalue weighted by Gasteiger charge is -2.31. The van der Waals surface area contributed by atoms with Gasteiger partial charge in [0, 0.05) is 19.1 Å². The van der Waals surface area contributed by atoms with Crippen LogP contribution in [0.1, 0.15) is 24.8 Å². The Labute approximate surface area is 84.4 Å². The van der Waals surface area contributed by atoms with E-state index in [1.165, 1.54) is 5.56 Å². The number of hydrogen-bond donors (Lipinski definition) is 1. The molecule has 14 heavy (non-hydrogen) atoms. The smallest absolute Gasteiger partial charge is 0.0938 e. The van der Waals surface area contributed by atoms with Crippen molar-refractivity contribution >= 4 is 0 Å². The Kier molecular flexibility index (Phi) is 3.22. The molecule has 2 unspecified atom stereocenters. The van der Waals surface area contributed by atoms with Gasteiger partial charge in [0.1, 0.15) is 0 Å². The summed E-state index contributed by atoms with van der Waals surface area (Å²) in [5, 5.41) is 3.36. The quantitative estimate of drug-likeness (QED) is 0.798. The molecule has 2 atom stereocenters. The molecule has 1 fully saturated rings. The Morgan fingerprint density at radius 2 is 2.57 bits per heavy atom. The van der Waals surface area contributed by atoms with E-state index in [2.05, 4.69) is 5.32 Å². The molecule has 2 rings (SSSR count). The Morgan fingerprint density at radius 1 is 1.64 bits per heavy atom. The molecule has 3 nitrogen and oxygen atoms in total. The van der Waals surface area contributed by atoms with Gasteiger partial charge in [0.05, 0.1) is 18.6 Å². The van der Waals surface area contributed by atoms with Gasteiger partial charge in [-0.2, -0.15) is 0 Å². The van der Waals surface area contributed by atoms with Crippen molar-refractivity contribution in [1.82, 2.24) is 5.32 Å². The van der Waals surface area contributed by atoms with Gasteiger partial charge >= 0.3 is 0 Å². The van der Waals surface area contributed by atoms with Crippen molar-refractivity contribution < 1.29 is 9.15 Å². The molecule has 78 valence electrons. The minimum atomic E-state index is 0.298. The van der Waals surface area contributed by atoms with Crippen LogP contribution < -0.4 is 5.32 Å². The molecule has 1 aliphatic heterocycles. The summed E-state index contributed by atoms with van der Waals surface area (Å²) in [5.41, 5.74) is 1.27. The van der Waals surface area contributed by atoms with Gasteiger partial charge in [0.2, 0.25) is 0 Å². The van der Waals surface area contributed by atoms with Gasteiger partial charge in [-0.25, -0.2) is 0 Å². The highest BCUT2D eigenvalue weighted by atomic mass is 16.5. The largest absolute Gasteiger partial charge is 0.472 e. The van der Waals surface area contributed by atoms with Gasteiger partial charge in [0.25, 0.3) is 0 Å². The Morgan fingerprint density at radius 3 is 3.29 bits per heavy atom. The van der Waals surface area contributed by atoms with Gasteiger partial charge in [-0.3, -0.25) is 0 Å². The van der Waals surface area contributed by atoms with E-state index in [1.807, 2.05) is 19.3 Å². The average Bonchev–Trinajstić information content (AvgIpc) is 2.72. The highest BCUT2D eigenvalue weighted by Gasteiger charge is 2.27. The first-order chi connectivity index (χ1) is 6.92. The van der Waals surface area contributed by atoms with E-state index in [9.17, 15) is 0 Å². The van der Waals surface area contributed by atoms with Crippen molar-refractivity contribution in [2.45, 2.75) is 25.4 Å². The predicted octanol–water partition coefficient (Wildman–Crippen LogP) is 1.76. The van der Waals surface area contributed by atoms with Crippen LogP contribution in [0.5, 0.6) is 0 Å². The Hall–Kier alpha value is -0.800. The Balaban J connectivity index is 2.06. The maximum absolute atomic E-state index is 5.72. The predicted molar refractivity (Wildman–Crippen MR) is 54.3 cm³/mol. The molecule has 1 N–H and O–H groups in total. The number of nitrogens with one attached hydrogen (secondary N) is 1. The van der Waals surface area contributed by atoms with Crippen LogP contribution in [-0.2, 0) is 4.74 Å². The summed E-state index contributed by atoms with van der Waals surface area (Å²) in [5.74, 6) is 0.495. The highest BCUT2D eigenvalue weighted by molar-refractivity contribution is 5.15. The van der Waals surface area contributed by atoms with Gasteiger partial charge in [-0.1, -0.05) is 0 Å². The van der Waals surface area contributed by atoms with Crippen LogP contribution in [0.2, 0.25) is 0 Å². The first kappa shape index (κ1) is 9.74. The molecule has 0 aliphatic carbocycles. The maximum Gasteiger partial charge on any atom is 0.0938 e. The zero-order valence-corrected chi connectivity index (χ0v) is 8.53. The van der Waals surface area contributed by atoms with Crippen LogP contribution in [0.4, 0.5) is 0 Å². The summed E-state index contributed by atoms with van der Waals surface area (Å²) < 4.78 is 10.8. The second-order valence-corrected chi connectivity index (χ2v) is 3.65. The molecule has 0 amide bonds. The van der Waals surface area contributed by atoms with Crippen molar-refractivity contribution in [3.8, 4) is 0 Å². The van der Waals surface area contributed by atoms with Gasteiger partial charge < -0.3 is 14.5 Å². The first-order valence-electron chi connectivity index (χ1n) is 5.26. The second-order valence-electron chi connectivity index (χ2n) is 3.65. The Bertz CT molecular complexity index is 256. The number of piperidine rings is 1. The fourth-order valence-corrected chi connectivity index (χ4v) is 2.09. The van der Waals surface area contributed by atoms with Gasteiger partial charge in [-0.15, -0.1) is 0 Å². The zero-order chi connectivity index (χ0) is 9.80. The third-order valence-corrected chi connectivity index (χ3v) is 2.78. The second kappa shape index (κ2) is 4.62. The van der Waals surface area contributed by atoms with Crippen molar-refractivity contribution in [2.24, 2.45) is 0 Å². The summed E-state index contributed by atoms with van der Waals surface area (Å²) in [4.78, 5) is 0. The number of rotatable bonds is 3. The lowest BCUT2D eigenvalue weighted by Crippen LogP contribution is -2.40. The lowest BCUT2D eigenvalue weighted by atomic mass is 9.89. The van der Waals surface area contributed by atoms with Gasteiger partial charge in [0.15, 0.2) is 0 Å². The maximum atomic E-state index is 5.72. The monoisotopic (exact) mass is 195 g/mol. The van der Waals surface area contributed by atoms with Crippen LogP contribution in [0.25, 0.3) is 0 Å². The van der Waals surface area contributed by atoms with E-state index >= 15 is 0 Å². The van der Waals surface area contributed by atoms with Gasteiger partial charge in [-0.05, 0) is 31.5 Å². The lowest BCUT2D eigenvalue weighted by molar-refractivity contribution is 0.0297. The highest BCUT2D eigenvalue weighted by Crippen LogP contribution is 2.27. The van der Waals surface area contributed by atoms with E-state index in [-0.39, 0.29) is 0 Å². The van der Waals surface area contributed by atoms with E-state index in [4.69, 9.17) is 9.15 Å². The summed E-state index contributed by atoms with van der Waals surface area (Å²) in [6.45, 7) is 4.84. The molecule has 0 bridgehead atoms. The molecule has 0 saturated carbocycles. The minimum Gasteiger partial charge on any atom is -0.472 e. The van der Waals surface area contributed by atoms with Crippen LogP contribution >= 0.6 is 0 Å². The molecule has 1 aliphatic rings. The summed E-state index contributed by atoms with van der Waals surface area (Å²) in [6.07, 6.45) is 5.00. The van der Waals surface area contributed by atoms with Crippen LogP contribution in [0.15, 0.2) is 23.0 Å². The standard InChI is InChI=1S/C11H17NO2/c1-2-14-11-7-12-5-3-10(11)9-4-6-13-8-9/h4,6,8,10-12H,2-3,5,7H2,1H3.